The van der Waals surface area contributed by atoms with Gasteiger partial charge in [0.05, 0.1) is 12.8 Å². The maximum atomic E-state index is 5.34. The second-order valence-electron chi connectivity index (χ2n) is 6.48. The molecule has 3 aromatic rings. The Balaban J connectivity index is 1.28. The predicted molar refractivity (Wildman–Crippen MR) is 92.8 cm³/mol. The van der Waals surface area contributed by atoms with Crippen LogP contribution < -0.4 is 5.32 Å². The van der Waals surface area contributed by atoms with E-state index in [-0.39, 0.29) is 0 Å². The highest BCUT2D eigenvalue weighted by Crippen LogP contribution is 2.21. The summed E-state index contributed by atoms with van der Waals surface area (Å²) in [4.78, 5) is 11.1. The van der Waals surface area contributed by atoms with Gasteiger partial charge in [0, 0.05) is 19.3 Å². The van der Waals surface area contributed by atoms with Gasteiger partial charge in [-0.25, -0.2) is 4.98 Å². The molecule has 0 spiro atoms. The Labute approximate surface area is 146 Å². The van der Waals surface area contributed by atoms with E-state index in [4.69, 9.17) is 8.94 Å². The number of hydrogen-bond acceptors (Lipinski definition) is 7. The maximum Gasteiger partial charge on any atom is 0.241 e. The number of furan rings is 1. The van der Waals surface area contributed by atoms with Gasteiger partial charge in [0.2, 0.25) is 11.7 Å². The van der Waals surface area contributed by atoms with E-state index in [9.17, 15) is 0 Å². The number of likely N-dealkylation sites (tertiary alicyclic amines) is 1. The van der Waals surface area contributed by atoms with E-state index in [1.54, 1.807) is 6.26 Å². The van der Waals surface area contributed by atoms with Gasteiger partial charge < -0.3 is 14.3 Å². The molecule has 1 fully saturated rings. The van der Waals surface area contributed by atoms with Crippen LogP contribution in [-0.2, 0) is 6.54 Å². The van der Waals surface area contributed by atoms with Gasteiger partial charge in [0.25, 0.3) is 0 Å². The zero-order chi connectivity index (χ0) is 17.1. The average Bonchev–Trinajstić information content (AvgIpc) is 3.35. The largest absolute Gasteiger partial charge is 0.461 e. The van der Waals surface area contributed by atoms with Crippen molar-refractivity contribution in [3.8, 4) is 11.6 Å². The third-order valence-electron chi connectivity index (χ3n) is 4.43. The van der Waals surface area contributed by atoms with Crippen LogP contribution >= 0.6 is 0 Å². The lowest BCUT2D eigenvalue weighted by Gasteiger charge is -2.14. The number of nitrogens with zero attached hydrogens (tertiary/aromatic N) is 4. The van der Waals surface area contributed by atoms with Gasteiger partial charge in [-0.1, -0.05) is 5.16 Å². The highest BCUT2D eigenvalue weighted by atomic mass is 16.5. The van der Waals surface area contributed by atoms with E-state index in [1.165, 1.54) is 5.56 Å². The average molecular weight is 339 g/mol. The number of anilines is 1. The van der Waals surface area contributed by atoms with Crippen LogP contribution in [-0.4, -0.2) is 39.7 Å². The van der Waals surface area contributed by atoms with Crippen LogP contribution in [0.4, 0.5) is 5.82 Å². The summed E-state index contributed by atoms with van der Waals surface area (Å²) in [5.74, 6) is 3.29. The molecule has 1 aliphatic heterocycles. The molecule has 0 aromatic carbocycles. The van der Waals surface area contributed by atoms with Gasteiger partial charge >= 0.3 is 0 Å². The first-order chi connectivity index (χ1) is 12.3. The van der Waals surface area contributed by atoms with Crippen molar-refractivity contribution >= 4 is 5.82 Å². The molecule has 0 amide bonds. The molecule has 0 radical (unpaired) electrons. The summed E-state index contributed by atoms with van der Waals surface area (Å²) in [5, 5.41) is 7.41. The van der Waals surface area contributed by atoms with E-state index in [2.05, 4.69) is 38.3 Å². The molecule has 7 heteroatoms. The summed E-state index contributed by atoms with van der Waals surface area (Å²) in [6.07, 6.45) is 4.59. The molecule has 1 N–H and O–H groups in total. The van der Waals surface area contributed by atoms with E-state index in [1.807, 2.05) is 24.4 Å². The van der Waals surface area contributed by atoms with Crippen molar-refractivity contribution in [1.29, 1.82) is 0 Å². The third kappa shape index (κ3) is 3.88. The standard InChI is InChI=1S/C18H21N5O2/c1-13-4-6-19-16(9-13)20-10-14-5-7-23(11-14)12-17-21-18(22-25-17)15-3-2-8-24-15/h2-4,6,8-9,14H,5,7,10-12H2,1H3,(H,19,20)/t14-/m1/s1. The number of pyridine rings is 1. The highest BCUT2D eigenvalue weighted by Gasteiger charge is 2.24. The summed E-state index contributed by atoms with van der Waals surface area (Å²) >= 11 is 0. The number of nitrogens with one attached hydrogen (secondary N) is 1. The van der Waals surface area contributed by atoms with Crippen LogP contribution in [0, 0.1) is 12.8 Å². The van der Waals surface area contributed by atoms with Crippen molar-refractivity contribution in [3.05, 3.63) is 48.2 Å². The molecular formula is C18H21N5O2. The predicted octanol–water partition coefficient (Wildman–Crippen LogP) is 2.97. The van der Waals surface area contributed by atoms with Crippen LogP contribution in [0.2, 0.25) is 0 Å². The minimum atomic E-state index is 0.503. The van der Waals surface area contributed by atoms with Crippen LogP contribution in [0.1, 0.15) is 17.9 Å². The first kappa shape index (κ1) is 15.8. The quantitative estimate of drug-likeness (QED) is 0.739. The Morgan fingerprint density at radius 2 is 2.32 bits per heavy atom. The fourth-order valence-corrected chi connectivity index (χ4v) is 3.12. The lowest BCUT2D eigenvalue weighted by atomic mass is 10.1. The van der Waals surface area contributed by atoms with Crippen LogP contribution in [0.25, 0.3) is 11.6 Å². The van der Waals surface area contributed by atoms with Crippen LogP contribution in [0.15, 0.2) is 45.7 Å². The fourth-order valence-electron chi connectivity index (χ4n) is 3.12. The van der Waals surface area contributed by atoms with Crippen LogP contribution in [0.3, 0.4) is 0 Å². The normalized spacial score (nSPS) is 17.9. The summed E-state index contributed by atoms with van der Waals surface area (Å²) in [5.41, 5.74) is 1.22. The van der Waals surface area contributed by atoms with E-state index >= 15 is 0 Å². The molecule has 0 saturated carbocycles. The first-order valence-corrected chi connectivity index (χ1v) is 8.51. The van der Waals surface area contributed by atoms with Crippen molar-refractivity contribution in [1.82, 2.24) is 20.0 Å². The molecule has 0 aliphatic carbocycles. The molecule has 25 heavy (non-hydrogen) atoms. The number of hydrogen-bond donors (Lipinski definition) is 1. The van der Waals surface area contributed by atoms with Crippen molar-refractivity contribution in [2.45, 2.75) is 19.9 Å². The Bertz CT molecular complexity index is 815. The zero-order valence-corrected chi connectivity index (χ0v) is 14.2. The minimum absolute atomic E-state index is 0.503. The van der Waals surface area contributed by atoms with E-state index in [0.29, 0.717) is 29.9 Å². The Hall–Kier alpha value is -2.67. The molecule has 4 rings (SSSR count). The van der Waals surface area contributed by atoms with Crippen molar-refractivity contribution in [2.24, 2.45) is 5.92 Å². The Morgan fingerprint density at radius 1 is 1.36 bits per heavy atom. The van der Waals surface area contributed by atoms with Crippen LogP contribution in [0.5, 0.6) is 0 Å². The van der Waals surface area contributed by atoms with E-state index < -0.39 is 0 Å². The second kappa shape index (κ2) is 7.06. The summed E-state index contributed by atoms with van der Waals surface area (Å²) < 4.78 is 10.6. The van der Waals surface area contributed by atoms with Crippen molar-refractivity contribution < 1.29 is 8.94 Å². The minimum Gasteiger partial charge on any atom is -0.461 e. The van der Waals surface area contributed by atoms with Gasteiger partial charge in [-0.2, -0.15) is 4.98 Å². The van der Waals surface area contributed by atoms with Gasteiger partial charge in [0.15, 0.2) is 5.76 Å². The van der Waals surface area contributed by atoms with Crippen molar-refractivity contribution in [3.63, 3.8) is 0 Å². The Kier molecular flexibility index (Phi) is 4.47. The maximum absolute atomic E-state index is 5.34. The third-order valence-corrected chi connectivity index (χ3v) is 4.43. The molecule has 0 unspecified atom stereocenters. The first-order valence-electron chi connectivity index (χ1n) is 8.51. The zero-order valence-electron chi connectivity index (χ0n) is 14.2. The molecule has 4 heterocycles. The lowest BCUT2D eigenvalue weighted by Crippen LogP contribution is -2.23. The molecule has 7 nitrogen and oxygen atoms in total. The molecule has 3 aromatic heterocycles. The second-order valence-corrected chi connectivity index (χ2v) is 6.48. The smallest absolute Gasteiger partial charge is 0.241 e. The molecule has 1 saturated heterocycles. The van der Waals surface area contributed by atoms with Gasteiger partial charge in [0.1, 0.15) is 5.82 Å². The molecule has 1 aliphatic rings. The molecule has 0 bridgehead atoms. The molecular weight excluding hydrogens is 318 g/mol. The molecule has 130 valence electrons. The summed E-state index contributed by atoms with van der Waals surface area (Å²) in [7, 11) is 0. The molecule has 1 atom stereocenters. The SMILES string of the molecule is Cc1ccnc(NC[C@H]2CCN(Cc3nc(-c4ccco4)no3)C2)c1. The topological polar surface area (TPSA) is 80.2 Å². The summed E-state index contributed by atoms with van der Waals surface area (Å²) in [6, 6.07) is 7.71. The monoisotopic (exact) mass is 339 g/mol. The lowest BCUT2D eigenvalue weighted by molar-refractivity contribution is 0.261. The van der Waals surface area contributed by atoms with Gasteiger partial charge in [-0.3, -0.25) is 4.90 Å². The summed E-state index contributed by atoms with van der Waals surface area (Å²) in [6.45, 7) is 5.72. The fraction of sp³-hybridized carbons (Fsp3) is 0.389. The van der Waals surface area contributed by atoms with Gasteiger partial charge in [-0.05, 0) is 55.6 Å². The van der Waals surface area contributed by atoms with Gasteiger partial charge in [-0.15, -0.1) is 0 Å². The van der Waals surface area contributed by atoms with E-state index in [0.717, 1.165) is 31.9 Å². The van der Waals surface area contributed by atoms with Crippen molar-refractivity contribution in [2.75, 3.05) is 25.0 Å². The number of rotatable bonds is 6. The highest BCUT2D eigenvalue weighted by molar-refractivity contribution is 5.44. The number of aryl methyl sites for hydroxylation is 1. The Morgan fingerprint density at radius 3 is 3.16 bits per heavy atom. The number of aromatic nitrogens is 3.